The van der Waals surface area contributed by atoms with Crippen molar-refractivity contribution in [2.45, 2.75) is 21.6 Å². The molecule has 0 radical (unpaired) electrons. The summed E-state index contributed by atoms with van der Waals surface area (Å²) in [5, 5.41) is 0. The van der Waals surface area contributed by atoms with E-state index in [2.05, 4.69) is 170 Å². The van der Waals surface area contributed by atoms with Crippen LogP contribution in [-0.2, 0) is 56.2 Å². The summed E-state index contributed by atoms with van der Waals surface area (Å²) in [5.41, 5.74) is 7.80. The minimum atomic E-state index is -0.175. The zero-order valence-corrected chi connectivity index (χ0v) is 28.7. The topological polar surface area (TPSA) is 0 Å². The molecule has 0 aliphatic rings. The van der Waals surface area contributed by atoms with Gasteiger partial charge in [-0.15, -0.1) is 0 Å². The molecule has 44 heavy (non-hydrogen) atoms. The molecule has 0 heterocycles. The molecule has 6 aromatic rings. The lowest BCUT2D eigenvalue weighted by Gasteiger charge is -2.20. The highest BCUT2D eigenvalue weighted by molar-refractivity contribution is 8.67. The third-order valence-corrected chi connectivity index (χ3v) is 18.5. The highest BCUT2D eigenvalue weighted by Gasteiger charge is 2.18. The molecular weight excluding hydrogens is 649 g/mol. The molecule has 0 N–H and O–H groups in total. The second-order valence-corrected chi connectivity index (χ2v) is 19.7. The number of benzene rings is 6. The average Bonchev–Trinajstić information content (AvgIpc) is 3.10. The zero-order valence-electron chi connectivity index (χ0n) is 23.8. The Bertz CT molecular complexity index is 1780. The first kappa shape index (κ1) is 30.8. The number of hydrogen-bond acceptors (Lipinski definition) is 1. The van der Waals surface area contributed by atoms with E-state index in [9.17, 15) is 0 Å². The molecule has 0 aliphatic carbocycles. The van der Waals surface area contributed by atoms with Crippen LogP contribution >= 0.6 is 0 Å². The quantitative estimate of drug-likeness (QED) is 0.145. The summed E-state index contributed by atoms with van der Waals surface area (Å²) in [6.45, 7) is 0. The Morgan fingerprint density at radius 2 is 0.659 bits per heavy atom. The van der Waals surface area contributed by atoms with E-state index in [1.54, 1.807) is 17.8 Å². The lowest BCUT2D eigenvalue weighted by molar-refractivity contribution is 0.973. The molecule has 0 saturated carbocycles. The Balaban J connectivity index is 1.38. The molecule has 0 spiro atoms. The van der Waals surface area contributed by atoms with Gasteiger partial charge in [-0.05, 0) is 104 Å². The van der Waals surface area contributed by atoms with Crippen molar-refractivity contribution in [3.63, 3.8) is 0 Å². The first-order chi connectivity index (χ1) is 21.8. The summed E-state index contributed by atoms with van der Waals surface area (Å²) in [6, 6.07) is 61.7. The summed E-state index contributed by atoms with van der Waals surface area (Å²) in [4.78, 5) is 2.63. The Hall–Kier alpha value is -3.23. The molecule has 0 atom stereocenters. The van der Waals surface area contributed by atoms with Crippen LogP contribution in [0.3, 0.4) is 0 Å². The highest BCUT2D eigenvalue weighted by Crippen LogP contribution is 2.34. The van der Waals surface area contributed by atoms with Gasteiger partial charge in [0.15, 0.2) is 0 Å². The van der Waals surface area contributed by atoms with Crippen molar-refractivity contribution in [1.82, 2.24) is 0 Å². The van der Waals surface area contributed by atoms with Crippen molar-refractivity contribution in [2.24, 2.45) is 0 Å². The molecule has 0 amide bonds. The molecule has 6 heteroatoms. The molecule has 6 aromatic carbocycles. The molecular formula is C38H30S6. The summed E-state index contributed by atoms with van der Waals surface area (Å²) in [6.07, 6.45) is 0. The third kappa shape index (κ3) is 7.52. The van der Waals surface area contributed by atoms with Crippen LogP contribution in [0, 0.1) is 0 Å². The van der Waals surface area contributed by atoms with E-state index >= 15 is 0 Å². The van der Waals surface area contributed by atoms with Crippen molar-refractivity contribution in [1.29, 1.82) is 0 Å². The van der Waals surface area contributed by atoms with E-state index in [0.717, 1.165) is 0 Å². The number of rotatable bonds is 8. The maximum absolute atomic E-state index is 5.16. The van der Waals surface area contributed by atoms with E-state index < -0.39 is 0 Å². The Kier molecular flexibility index (Phi) is 11.0. The highest BCUT2D eigenvalue weighted by atomic mass is 33.3. The maximum Gasteiger partial charge on any atom is 0.0340 e. The predicted octanol–water partition coefficient (Wildman–Crippen LogP) is 9.54. The monoisotopic (exact) mass is 678 g/mol. The van der Waals surface area contributed by atoms with Gasteiger partial charge in [-0.2, -0.15) is 0 Å². The van der Waals surface area contributed by atoms with E-state index in [1.165, 1.54) is 52.1 Å². The van der Waals surface area contributed by atoms with Crippen LogP contribution in [-0.4, -0.2) is 0 Å². The van der Waals surface area contributed by atoms with Crippen molar-refractivity contribution >= 4 is 56.2 Å². The lowest BCUT2D eigenvalue weighted by atomic mass is 9.85. The van der Waals surface area contributed by atoms with Crippen molar-refractivity contribution in [3.05, 3.63) is 203 Å². The largest absolute Gasteiger partial charge is 0.0622 e. The summed E-state index contributed by atoms with van der Waals surface area (Å²) in [7, 11) is 6.51. The molecule has 0 nitrogen and oxygen atoms in total. The fourth-order valence-corrected chi connectivity index (χ4v) is 17.0. The van der Waals surface area contributed by atoms with Gasteiger partial charge in [0.05, 0.1) is 0 Å². The van der Waals surface area contributed by atoms with E-state index in [4.69, 9.17) is 11.2 Å². The van der Waals surface area contributed by atoms with Gasteiger partial charge >= 0.3 is 0 Å². The average molecular weight is 679 g/mol. The van der Waals surface area contributed by atoms with E-state index in [-0.39, 0.29) is 21.3 Å². The summed E-state index contributed by atoms with van der Waals surface area (Å²) in [5.74, 6) is 0.379. The minimum absolute atomic E-state index is 0.175. The van der Waals surface area contributed by atoms with Gasteiger partial charge in [0.25, 0.3) is 0 Å². The standard InChI is InChI=1S/C38H30S6/c39-40-41-42-43-44(35-25-21-33(22-26-35)37(29-13-5-1-6-14-29)30-15-7-2-8-16-30)36-27-23-34(24-28-36)38(31-17-9-3-10-18-31)32-19-11-4-12-20-32/h1-28,37-38H. The van der Waals surface area contributed by atoms with Crippen LogP contribution in [0.4, 0.5) is 0 Å². The van der Waals surface area contributed by atoms with Crippen LogP contribution < -0.4 is 0 Å². The van der Waals surface area contributed by atoms with Gasteiger partial charge in [0.2, 0.25) is 0 Å². The van der Waals surface area contributed by atoms with Crippen LogP contribution in [0.2, 0.25) is 0 Å². The van der Waals surface area contributed by atoms with Crippen molar-refractivity contribution < 1.29 is 0 Å². The number of hydrogen-bond donors (Lipinski definition) is 0. The van der Waals surface area contributed by atoms with Gasteiger partial charge < -0.3 is 0 Å². The summed E-state index contributed by atoms with van der Waals surface area (Å²) < 4.78 is 0. The van der Waals surface area contributed by atoms with E-state index in [0.29, 0.717) is 0 Å². The van der Waals surface area contributed by atoms with E-state index in [1.807, 2.05) is 8.88 Å². The van der Waals surface area contributed by atoms with Crippen molar-refractivity contribution in [2.75, 3.05) is 0 Å². The smallest absolute Gasteiger partial charge is 0.0340 e. The second-order valence-electron chi connectivity index (χ2n) is 10.2. The van der Waals surface area contributed by atoms with Gasteiger partial charge in [0, 0.05) is 21.6 Å². The predicted molar refractivity (Wildman–Crippen MR) is 201 cm³/mol. The minimum Gasteiger partial charge on any atom is -0.0622 e. The molecule has 0 aromatic heterocycles. The summed E-state index contributed by atoms with van der Waals surface area (Å²) >= 11 is 5.16. The third-order valence-electron chi connectivity index (χ3n) is 7.54. The van der Waals surface area contributed by atoms with Crippen LogP contribution in [0.25, 0.3) is 0 Å². The van der Waals surface area contributed by atoms with Crippen LogP contribution in [0.1, 0.15) is 45.2 Å². The molecule has 0 unspecified atom stereocenters. The SMILES string of the molecule is S=S=S=S=S=S(c1ccc(C(c2ccccc2)c2ccccc2)cc1)c1ccc(C(c2ccccc2)c2ccccc2)cc1. The first-order valence-corrected chi connectivity index (χ1v) is 21.7. The van der Waals surface area contributed by atoms with Gasteiger partial charge in [-0.3, -0.25) is 0 Å². The first-order valence-electron chi connectivity index (χ1n) is 14.3. The zero-order chi connectivity index (χ0) is 30.0. The normalized spacial score (nSPS) is 11.0. The molecule has 0 saturated heterocycles. The molecule has 0 bridgehead atoms. The molecule has 218 valence electrons. The molecule has 6 rings (SSSR count). The fraction of sp³-hybridized carbons (Fsp3) is 0.0526. The van der Waals surface area contributed by atoms with Gasteiger partial charge in [-0.1, -0.05) is 155 Å². The van der Waals surface area contributed by atoms with Gasteiger partial charge in [0.1, 0.15) is 0 Å². The Morgan fingerprint density at radius 3 is 0.955 bits per heavy atom. The fourth-order valence-electron chi connectivity index (χ4n) is 5.57. The maximum atomic E-state index is 5.16. The lowest BCUT2D eigenvalue weighted by Crippen LogP contribution is -2.04. The second kappa shape index (κ2) is 15.7. The van der Waals surface area contributed by atoms with Crippen LogP contribution in [0.15, 0.2) is 180 Å². The van der Waals surface area contributed by atoms with Crippen LogP contribution in [0.5, 0.6) is 0 Å². The molecule has 0 aliphatic heterocycles. The Labute approximate surface area is 278 Å². The van der Waals surface area contributed by atoms with Crippen molar-refractivity contribution in [3.8, 4) is 0 Å². The molecule has 0 fully saturated rings. The van der Waals surface area contributed by atoms with Gasteiger partial charge in [-0.25, -0.2) is 0 Å². The Morgan fingerprint density at radius 1 is 0.364 bits per heavy atom.